The monoisotopic (exact) mass is 130 g/mol. The fraction of sp³-hybridized carbons (Fsp3) is 0.500. The molecule has 0 aliphatic heterocycles. The van der Waals surface area contributed by atoms with Crippen LogP contribution in [0.25, 0.3) is 0 Å². The maximum Gasteiger partial charge on any atom is 0.335 e. The lowest BCUT2D eigenvalue weighted by molar-refractivity contribution is -0.150. The summed E-state index contributed by atoms with van der Waals surface area (Å²) >= 11 is 0. The van der Waals surface area contributed by atoms with E-state index in [-0.39, 0.29) is 6.42 Å². The highest BCUT2D eigenvalue weighted by molar-refractivity contribution is 5.74. The second-order valence-corrected chi connectivity index (χ2v) is 1.56. The van der Waals surface area contributed by atoms with E-state index in [9.17, 15) is 4.79 Å². The molecule has 0 amide bonds. The van der Waals surface area contributed by atoms with Crippen LogP contribution >= 0.6 is 0 Å². The number of methoxy groups -OCH3 is 1. The largest absolute Gasteiger partial charge is 0.467 e. The molecule has 0 saturated heterocycles. The van der Waals surface area contributed by atoms with Crippen molar-refractivity contribution in [2.45, 2.75) is 12.5 Å². The van der Waals surface area contributed by atoms with Crippen molar-refractivity contribution in [3.05, 3.63) is 12.7 Å². The molecule has 0 heterocycles. The van der Waals surface area contributed by atoms with Crippen LogP contribution in [0.4, 0.5) is 0 Å². The first-order valence-corrected chi connectivity index (χ1v) is 2.59. The van der Waals surface area contributed by atoms with Crippen LogP contribution < -0.4 is 0 Å². The topological polar surface area (TPSA) is 46.5 Å². The molecule has 0 aromatic carbocycles. The quantitative estimate of drug-likeness (QED) is 0.435. The number of hydrogen-bond acceptors (Lipinski definition) is 3. The van der Waals surface area contributed by atoms with Crippen LogP contribution in [0.5, 0.6) is 0 Å². The van der Waals surface area contributed by atoms with Crippen molar-refractivity contribution in [1.29, 1.82) is 0 Å². The fourth-order valence-corrected chi connectivity index (χ4v) is 0.390. The smallest absolute Gasteiger partial charge is 0.335 e. The summed E-state index contributed by atoms with van der Waals surface area (Å²) in [6, 6.07) is 0. The van der Waals surface area contributed by atoms with Gasteiger partial charge in [0.05, 0.1) is 7.11 Å². The zero-order chi connectivity index (χ0) is 7.28. The summed E-state index contributed by atoms with van der Waals surface area (Å²) in [6.07, 6.45) is 0.654. The summed E-state index contributed by atoms with van der Waals surface area (Å²) in [7, 11) is 1.23. The molecule has 0 aliphatic carbocycles. The molecule has 0 unspecified atom stereocenters. The van der Waals surface area contributed by atoms with Crippen molar-refractivity contribution in [3.63, 3.8) is 0 Å². The van der Waals surface area contributed by atoms with Gasteiger partial charge in [-0.05, 0) is 0 Å². The summed E-state index contributed by atoms with van der Waals surface area (Å²) in [5.74, 6) is -0.616. The molecular weight excluding hydrogens is 120 g/mol. The minimum atomic E-state index is -1.05. The zero-order valence-electron chi connectivity index (χ0n) is 5.33. The first kappa shape index (κ1) is 8.17. The second kappa shape index (κ2) is 4.09. The van der Waals surface area contributed by atoms with Crippen molar-refractivity contribution in [2.24, 2.45) is 0 Å². The summed E-state index contributed by atoms with van der Waals surface area (Å²) in [6.45, 7) is 3.35. The third-order valence-electron chi connectivity index (χ3n) is 0.863. The number of carbonyl (C=O) groups is 1. The molecular formula is C6H10O3. The summed E-state index contributed by atoms with van der Waals surface area (Å²) in [5.41, 5.74) is 0. The maximum absolute atomic E-state index is 10.4. The summed E-state index contributed by atoms with van der Waals surface area (Å²) < 4.78 is 4.23. The van der Waals surface area contributed by atoms with Gasteiger partial charge in [0.2, 0.25) is 0 Å². The molecule has 3 nitrogen and oxygen atoms in total. The molecule has 0 aromatic rings. The van der Waals surface area contributed by atoms with Crippen LogP contribution in [-0.2, 0) is 9.53 Å². The second-order valence-electron chi connectivity index (χ2n) is 1.56. The average molecular weight is 130 g/mol. The molecule has 0 aromatic heterocycles. The molecule has 1 N–H and O–H groups in total. The highest BCUT2D eigenvalue weighted by Crippen LogP contribution is 1.93. The van der Waals surface area contributed by atoms with Crippen molar-refractivity contribution in [1.82, 2.24) is 0 Å². The van der Waals surface area contributed by atoms with E-state index in [1.807, 2.05) is 0 Å². The average Bonchev–Trinajstić information content (AvgIpc) is 1.87. The van der Waals surface area contributed by atoms with E-state index in [1.165, 1.54) is 13.2 Å². The van der Waals surface area contributed by atoms with Crippen molar-refractivity contribution < 1.29 is 14.6 Å². The molecule has 0 rings (SSSR count). The maximum atomic E-state index is 10.4. The lowest BCUT2D eigenvalue weighted by Crippen LogP contribution is -2.20. The number of ether oxygens (including phenoxy) is 1. The van der Waals surface area contributed by atoms with Gasteiger partial charge in [-0.25, -0.2) is 4.79 Å². The van der Waals surface area contributed by atoms with Crippen LogP contribution in [0.2, 0.25) is 0 Å². The van der Waals surface area contributed by atoms with Gasteiger partial charge in [-0.2, -0.15) is 0 Å². The van der Waals surface area contributed by atoms with E-state index in [0.29, 0.717) is 0 Å². The molecule has 0 radical (unpaired) electrons. The first-order chi connectivity index (χ1) is 4.22. The molecule has 0 aliphatic rings. The Morgan fingerprint density at radius 2 is 2.56 bits per heavy atom. The SMILES string of the molecule is C=CC[C@H](O)C(=O)OC. The fourth-order valence-electron chi connectivity index (χ4n) is 0.390. The van der Waals surface area contributed by atoms with Gasteiger partial charge < -0.3 is 9.84 Å². The van der Waals surface area contributed by atoms with Crippen molar-refractivity contribution in [2.75, 3.05) is 7.11 Å². The Kier molecular flexibility index (Phi) is 3.71. The minimum Gasteiger partial charge on any atom is -0.467 e. The van der Waals surface area contributed by atoms with Gasteiger partial charge in [-0.15, -0.1) is 6.58 Å². The normalized spacial score (nSPS) is 12.2. The first-order valence-electron chi connectivity index (χ1n) is 2.59. The third kappa shape index (κ3) is 2.87. The van der Waals surface area contributed by atoms with Crippen LogP contribution in [0.3, 0.4) is 0 Å². The predicted octanol–water partition coefficient (Wildman–Crippen LogP) is 0.0964. The van der Waals surface area contributed by atoms with Crippen molar-refractivity contribution >= 4 is 5.97 Å². The van der Waals surface area contributed by atoms with Gasteiger partial charge in [0, 0.05) is 6.42 Å². The molecule has 0 fully saturated rings. The zero-order valence-corrected chi connectivity index (χ0v) is 5.33. The van der Waals surface area contributed by atoms with Gasteiger partial charge in [0.15, 0.2) is 6.10 Å². The van der Waals surface area contributed by atoms with Gasteiger partial charge in [-0.1, -0.05) is 6.08 Å². The molecule has 3 heteroatoms. The van der Waals surface area contributed by atoms with E-state index in [1.54, 1.807) is 0 Å². The molecule has 9 heavy (non-hydrogen) atoms. The molecule has 52 valence electrons. The van der Waals surface area contributed by atoms with Gasteiger partial charge in [0.25, 0.3) is 0 Å². The Morgan fingerprint density at radius 3 is 2.89 bits per heavy atom. The van der Waals surface area contributed by atoms with Gasteiger partial charge in [-0.3, -0.25) is 0 Å². The third-order valence-corrected chi connectivity index (χ3v) is 0.863. The van der Waals surface area contributed by atoms with E-state index in [4.69, 9.17) is 5.11 Å². The number of hydrogen-bond donors (Lipinski definition) is 1. The van der Waals surface area contributed by atoms with Gasteiger partial charge in [0.1, 0.15) is 0 Å². The highest BCUT2D eigenvalue weighted by Gasteiger charge is 2.11. The number of rotatable bonds is 3. The van der Waals surface area contributed by atoms with E-state index in [0.717, 1.165) is 0 Å². The van der Waals surface area contributed by atoms with Crippen LogP contribution in [-0.4, -0.2) is 24.3 Å². The minimum absolute atomic E-state index is 0.243. The lowest BCUT2D eigenvalue weighted by atomic mass is 10.2. The van der Waals surface area contributed by atoms with Crippen LogP contribution in [0.15, 0.2) is 12.7 Å². The Bertz CT molecular complexity index is 109. The number of carbonyl (C=O) groups excluding carboxylic acids is 1. The standard InChI is InChI=1S/C6H10O3/c1-3-4-5(7)6(8)9-2/h3,5,7H,1,4H2,2H3/t5-/m0/s1. The molecule has 0 saturated carbocycles. The molecule has 0 bridgehead atoms. The Balaban J connectivity index is 3.58. The summed E-state index contributed by atoms with van der Waals surface area (Å²) in [5, 5.41) is 8.77. The lowest BCUT2D eigenvalue weighted by Gasteiger charge is -2.02. The van der Waals surface area contributed by atoms with E-state index in [2.05, 4.69) is 11.3 Å². The predicted molar refractivity (Wildman–Crippen MR) is 32.8 cm³/mol. The number of aliphatic hydroxyl groups excluding tert-OH is 1. The van der Waals surface area contributed by atoms with Crippen LogP contribution in [0, 0.1) is 0 Å². The molecule has 1 atom stereocenters. The van der Waals surface area contributed by atoms with E-state index < -0.39 is 12.1 Å². The highest BCUT2D eigenvalue weighted by atomic mass is 16.5. The van der Waals surface area contributed by atoms with E-state index >= 15 is 0 Å². The van der Waals surface area contributed by atoms with Crippen LogP contribution in [0.1, 0.15) is 6.42 Å². The van der Waals surface area contributed by atoms with Gasteiger partial charge >= 0.3 is 5.97 Å². The Hall–Kier alpha value is -0.830. The molecule has 0 spiro atoms. The Morgan fingerprint density at radius 1 is 2.00 bits per heavy atom. The number of aliphatic hydroxyl groups is 1. The summed E-state index contributed by atoms with van der Waals surface area (Å²) in [4.78, 5) is 10.4. The number of esters is 1. The van der Waals surface area contributed by atoms with Crippen molar-refractivity contribution in [3.8, 4) is 0 Å². The Labute approximate surface area is 53.9 Å².